The summed E-state index contributed by atoms with van der Waals surface area (Å²) in [6, 6.07) is 32.1. The molecule has 4 aromatic rings. The summed E-state index contributed by atoms with van der Waals surface area (Å²) in [5, 5.41) is 12.7. The number of rotatable bonds is 15. The molecule has 48 heavy (non-hydrogen) atoms. The van der Waals surface area contributed by atoms with Crippen molar-refractivity contribution in [2.45, 2.75) is 44.8 Å². The van der Waals surface area contributed by atoms with Crippen LogP contribution in [0, 0.1) is 0 Å². The average Bonchev–Trinajstić information content (AvgIpc) is 3.12. The van der Waals surface area contributed by atoms with E-state index in [2.05, 4.69) is 10.2 Å². The number of Topliss-reactive ketones (excluding diaryl/α,β-unsaturated/α-hetero) is 1. The number of hydrogen-bond acceptors (Lipinski definition) is 7. The molecular formula is C40H45N3O5. The number of esters is 1. The lowest BCUT2D eigenvalue weighted by Gasteiger charge is -2.32. The maximum absolute atomic E-state index is 13.2. The number of phenolic OH excluding ortho intramolecular Hbond substituents is 1. The first-order chi connectivity index (χ1) is 23.4. The number of piperidine rings is 1. The van der Waals surface area contributed by atoms with E-state index in [0.29, 0.717) is 43.6 Å². The van der Waals surface area contributed by atoms with Gasteiger partial charge < -0.3 is 25.0 Å². The highest BCUT2D eigenvalue weighted by Crippen LogP contribution is 2.25. The molecule has 1 saturated heterocycles. The molecule has 0 bridgehead atoms. The maximum Gasteiger partial charge on any atom is 0.310 e. The minimum absolute atomic E-state index is 0.0164. The highest BCUT2D eigenvalue weighted by molar-refractivity contribution is 6.00. The van der Waals surface area contributed by atoms with Crippen molar-refractivity contribution in [2.75, 3.05) is 39.8 Å². The fourth-order valence-corrected chi connectivity index (χ4v) is 6.01. The molecule has 1 fully saturated rings. The third kappa shape index (κ3) is 10.1. The predicted molar refractivity (Wildman–Crippen MR) is 188 cm³/mol. The lowest BCUT2D eigenvalue weighted by Crippen LogP contribution is -2.42. The summed E-state index contributed by atoms with van der Waals surface area (Å²) in [6.45, 7) is 4.24. The number of nitrogens with zero attached hydrogens (tertiary/aromatic N) is 2. The largest absolute Gasteiger partial charge is 0.508 e. The number of ketones is 1. The number of nitrogens with one attached hydrogen (secondary N) is 1. The zero-order valence-electron chi connectivity index (χ0n) is 27.6. The summed E-state index contributed by atoms with van der Waals surface area (Å²) in [4.78, 5) is 42.9. The molecule has 0 aromatic heterocycles. The number of amides is 1. The maximum atomic E-state index is 13.2. The van der Waals surface area contributed by atoms with Crippen molar-refractivity contribution >= 4 is 17.7 Å². The van der Waals surface area contributed by atoms with Crippen LogP contribution in [0.2, 0.25) is 0 Å². The van der Waals surface area contributed by atoms with E-state index < -0.39 is 0 Å². The minimum Gasteiger partial charge on any atom is -0.508 e. The molecule has 2 N–H and O–H groups in total. The normalized spacial score (nSPS) is 13.6. The van der Waals surface area contributed by atoms with Gasteiger partial charge in [0.15, 0.2) is 5.78 Å². The van der Waals surface area contributed by atoms with Gasteiger partial charge in [-0.3, -0.25) is 14.4 Å². The standard InChI is InChI=1S/C40H45N3O5/c1-42(40(47)34-13-7-12-33(27-34)38(45)15-8-22-41-29-30-16-18-35(44)19-17-30)25-26-43-23-20-36(21-24-43)48-39(46)28-32-11-5-6-14-37(32)31-9-3-2-4-10-31/h2-7,9-14,16-19,27,36,41,44H,8,15,20-26,28-29H2,1H3. The second kappa shape index (κ2) is 17.4. The van der Waals surface area contributed by atoms with E-state index >= 15 is 0 Å². The van der Waals surface area contributed by atoms with Crippen LogP contribution in [0.1, 0.15) is 57.5 Å². The molecule has 1 aliphatic heterocycles. The molecule has 0 aliphatic carbocycles. The molecule has 8 heteroatoms. The Bertz CT molecular complexity index is 1650. The van der Waals surface area contributed by atoms with E-state index in [1.165, 1.54) is 0 Å². The van der Waals surface area contributed by atoms with Crippen LogP contribution >= 0.6 is 0 Å². The van der Waals surface area contributed by atoms with Gasteiger partial charge in [0.05, 0.1) is 6.42 Å². The summed E-state index contributed by atoms with van der Waals surface area (Å²) >= 11 is 0. The molecule has 0 saturated carbocycles. The van der Waals surface area contributed by atoms with Crippen molar-refractivity contribution in [3.63, 3.8) is 0 Å². The van der Waals surface area contributed by atoms with Crippen LogP contribution in [0.5, 0.6) is 5.75 Å². The summed E-state index contributed by atoms with van der Waals surface area (Å²) in [6.07, 6.45) is 2.74. The number of likely N-dealkylation sites (N-methyl/N-ethyl adjacent to an activating group) is 1. The Balaban J connectivity index is 1.00. The van der Waals surface area contributed by atoms with Crippen LogP contribution in [-0.2, 0) is 22.5 Å². The van der Waals surface area contributed by atoms with Gasteiger partial charge >= 0.3 is 5.97 Å². The molecule has 0 radical (unpaired) electrons. The summed E-state index contributed by atoms with van der Waals surface area (Å²) in [5.41, 5.74) is 5.22. The first-order valence-corrected chi connectivity index (χ1v) is 16.8. The molecule has 0 unspecified atom stereocenters. The Hall–Kier alpha value is -4.79. The Labute approximate surface area is 283 Å². The molecule has 4 aromatic carbocycles. The highest BCUT2D eigenvalue weighted by Gasteiger charge is 2.24. The van der Waals surface area contributed by atoms with E-state index in [1.807, 2.05) is 66.7 Å². The van der Waals surface area contributed by atoms with Crippen molar-refractivity contribution in [2.24, 2.45) is 0 Å². The van der Waals surface area contributed by atoms with Gasteiger partial charge in [-0.15, -0.1) is 0 Å². The number of carbonyl (C=O) groups is 3. The summed E-state index contributed by atoms with van der Waals surface area (Å²) in [5.74, 6) is -0.0570. The van der Waals surface area contributed by atoms with Crippen LogP contribution in [0.4, 0.5) is 0 Å². The summed E-state index contributed by atoms with van der Waals surface area (Å²) in [7, 11) is 1.79. The van der Waals surface area contributed by atoms with Crippen molar-refractivity contribution in [3.8, 4) is 16.9 Å². The number of carbonyl (C=O) groups excluding carboxylic acids is 3. The number of benzene rings is 4. The fraction of sp³-hybridized carbons (Fsp3) is 0.325. The van der Waals surface area contributed by atoms with Gasteiger partial charge in [-0.25, -0.2) is 0 Å². The first-order valence-electron chi connectivity index (χ1n) is 16.8. The van der Waals surface area contributed by atoms with Crippen molar-refractivity contribution in [1.29, 1.82) is 0 Å². The molecule has 8 nitrogen and oxygen atoms in total. The van der Waals surface area contributed by atoms with Gasteiger partial charge in [0, 0.05) is 57.3 Å². The Kier molecular flexibility index (Phi) is 12.5. The molecular weight excluding hydrogens is 602 g/mol. The second-order valence-corrected chi connectivity index (χ2v) is 12.4. The first kappa shape index (κ1) is 34.5. The number of aromatic hydroxyl groups is 1. The van der Waals surface area contributed by atoms with Crippen LogP contribution in [0.3, 0.4) is 0 Å². The minimum atomic E-state index is -0.204. The van der Waals surface area contributed by atoms with Crippen LogP contribution in [-0.4, -0.2) is 78.4 Å². The Morgan fingerprint density at radius 3 is 2.35 bits per heavy atom. The van der Waals surface area contributed by atoms with Gasteiger partial charge in [-0.1, -0.05) is 78.9 Å². The zero-order valence-corrected chi connectivity index (χ0v) is 27.6. The van der Waals surface area contributed by atoms with Gasteiger partial charge in [0.2, 0.25) is 0 Å². The molecule has 250 valence electrons. The van der Waals surface area contributed by atoms with Crippen molar-refractivity contribution < 1.29 is 24.2 Å². The van der Waals surface area contributed by atoms with Crippen LogP contribution in [0.25, 0.3) is 11.1 Å². The monoisotopic (exact) mass is 647 g/mol. The van der Waals surface area contributed by atoms with E-state index in [-0.39, 0.29) is 35.9 Å². The number of likely N-dealkylation sites (tertiary alicyclic amines) is 1. The SMILES string of the molecule is CN(CCN1CCC(OC(=O)Cc2ccccc2-c2ccccc2)CC1)C(=O)c1cccc(C(=O)CCCNCc2ccc(O)cc2)c1. The van der Waals surface area contributed by atoms with Crippen molar-refractivity contribution in [1.82, 2.24) is 15.1 Å². The molecule has 1 heterocycles. The topological polar surface area (TPSA) is 99.2 Å². The van der Waals surface area contributed by atoms with Gasteiger partial charge in [-0.05, 0) is 72.3 Å². The van der Waals surface area contributed by atoms with Gasteiger partial charge in [0.1, 0.15) is 11.9 Å². The molecule has 1 aliphatic rings. The van der Waals surface area contributed by atoms with Gasteiger partial charge in [-0.2, -0.15) is 0 Å². The van der Waals surface area contributed by atoms with Crippen LogP contribution < -0.4 is 5.32 Å². The van der Waals surface area contributed by atoms with E-state index in [1.54, 1.807) is 48.3 Å². The average molecular weight is 648 g/mol. The number of phenols is 1. The Morgan fingerprint density at radius 2 is 1.58 bits per heavy atom. The third-order valence-electron chi connectivity index (χ3n) is 8.82. The third-order valence-corrected chi connectivity index (χ3v) is 8.82. The lowest BCUT2D eigenvalue weighted by atomic mass is 9.98. The van der Waals surface area contributed by atoms with Crippen molar-refractivity contribution in [3.05, 3.63) is 125 Å². The fourth-order valence-electron chi connectivity index (χ4n) is 6.01. The summed E-state index contributed by atoms with van der Waals surface area (Å²) < 4.78 is 5.88. The quantitative estimate of drug-likeness (QED) is 0.0910. The van der Waals surface area contributed by atoms with E-state index in [4.69, 9.17) is 4.74 Å². The second-order valence-electron chi connectivity index (χ2n) is 12.4. The predicted octanol–water partition coefficient (Wildman–Crippen LogP) is 6.13. The van der Waals surface area contributed by atoms with E-state index in [0.717, 1.165) is 54.7 Å². The molecule has 0 atom stereocenters. The lowest BCUT2D eigenvalue weighted by molar-refractivity contribution is -0.150. The van der Waals surface area contributed by atoms with Crippen LogP contribution in [0.15, 0.2) is 103 Å². The number of hydrogen-bond donors (Lipinski definition) is 2. The number of ether oxygens (including phenoxy) is 1. The molecule has 5 rings (SSSR count). The Morgan fingerprint density at radius 1 is 0.875 bits per heavy atom. The van der Waals surface area contributed by atoms with E-state index in [9.17, 15) is 19.5 Å². The van der Waals surface area contributed by atoms with Gasteiger partial charge in [0.25, 0.3) is 5.91 Å². The smallest absolute Gasteiger partial charge is 0.310 e. The molecule has 0 spiro atoms. The zero-order chi connectivity index (χ0) is 33.7. The molecule has 1 amide bonds. The highest BCUT2D eigenvalue weighted by atomic mass is 16.5.